The summed E-state index contributed by atoms with van der Waals surface area (Å²) in [4.78, 5) is 14.2. The fourth-order valence-corrected chi connectivity index (χ4v) is 5.14. The summed E-state index contributed by atoms with van der Waals surface area (Å²) in [6.07, 6.45) is 5.25. The molecule has 1 saturated carbocycles. The summed E-state index contributed by atoms with van der Waals surface area (Å²) in [5.41, 5.74) is 0.814. The van der Waals surface area contributed by atoms with E-state index in [2.05, 4.69) is 20.9 Å². The summed E-state index contributed by atoms with van der Waals surface area (Å²) in [6, 6.07) is 7.93. The zero-order valence-electron chi connectivity index (χ0n) is 17.3. The lowest BCUT2D eigenvalue weighted by molar-refractivity contribution is 0.292. The van der Waals surface area contributed by atoms with Gasteiger partial charge in [-0.15, -0.1) is 0 Å². The average Bonchev–Trinajstić information content (AvgIpc) is 3.32. The number of nitrogens with zero attached hydrogens (tertiary/aromatic N) is 5. The van der Waals surface area contributed by atoms with Crippen molar-refractivity contribution >= 4 is 27.7 Å². The molecule has 0 amide bonds. The second-order valence-electron chi connectivity index (χ2n) is 7.71. The molecule has 3 aromatic rings. The van der Waals surface area contributed by atoms with Gasteiger partial charge >= 0.3 is 0 Å². The van der Waals surface area contributed by atoms with Gasteiger partial charge in [0.1, 0.15) is 29.6 Å². The van der Waals surface area contributed by atoms with E-state index in [4.69, 9.17) is 24.5 Å². The van der Waals surface area contributed by atoms with Gasteiger partial charge in [-0.2, -0.15) is 16.9 Å². The molecule has 0 N–H and O–H groups in total. The van der Waals surface area contributed by atoms with Gasteiger partial charge in [0.15, 0.2) is 11.6 Å². The van der Waals surface area contributed by atoms with Crippen molar-refractivity contribution in [3.8, 4) is 23.0 Å². The largest absolute Gasteiger partial charge is 0.494 e. The first-order valence-electron chi connectivity index (χ1n) is 10.6. The van der Waals surface area contributed by atoms with Gasteiger partial charge in [0.2, 0.25) is 0 Å². The maximum Gasteiger partial charge on any atom is 0.188 e. The number of halogens is 1. The van der Waals surface area contributed by atoms with E-state index >= 15 is 0 Å². The van der Waals surface area contributed by atoms with Gasteiger partial charge in [-0.05, 0) is 72.1 Å². The molecule has 7 nitrogen and oxygen atoms in total. The highest BCUT2D eigenvalue weighted by molar-refractivity contribution is 9.10. The average molecular weight is 502 g/mol. The summed E-state index contributed by atoms with van der Waals surface area (Å²) in [5, 5.41) is 4.82. The Morgan fingerprint density at radius 1 is 1.10 bits per heavy atom. The summed E-state index contributed by atoms with van der Waals surface area (Å²) < 4.78 is 14.3. The number of thioether (sulfide) groups is 1. The second-order valence-corrected chi connectivity index (χ2v) is 9.71. The molecule has 1 aliphatic carbocycles. The summed E-state index contributed by atoms with van der Waals surface area (Å²) in [5.74, 6) is 6.59. The normalized spacial score (nSPS) is 18.3. The van der Waals surface area contributed by atoms with Crippen LogP contribution in [0.5, 0.6) is 11.5 Å². The molecule has 1 atom stereocenters. The zero-order valence-corrected chi connectivity index (χ0v) is 19.7. The molecule has 5 rings (SSSR count). The first-order valence-corrected chi connectivity index (χ1v) is 12.6. The van der Waals surface area contributed by atoms with Gasteiger partial charge in [0.05, 0.1) is 17.1 Å². The molecule has 0 radical (unpaired) electrons. The number of ether oxygens (including phenoxy) is 2. The molecule has 1 aliphatic heterocycles. The fraction of sp³-hybridized carbons (Fsp3) is 0.455. The van der Waals surface area contributed by atoms with Crippen molar-refractivity contribution in [3.63, 3.8) is 0 Å². The Balaban J connectivity index is 1.41. The Kier molecular flexibility index (Phi) is 6.13. The highest BCUT2D eigenvalue weighted by atomic mass is 79.9. The van der Waals surface area contributed by atoms with Crippen LogP contribution in [-0.2, 0) is 6.61 Å². The van der Waals surface area contributed by atoms with Crippen LogP contribution >= 0.6 is 27.7 Å². The van der Waals surface area contributed by atoms with Crippen molar-refractivity contribution in [1.82, 2.24) is 24.7 Å². The standard InChI is InChI=1S/C22H24BrN5O2S/c1-2-29-16-5-7-17(8-6-16)30-12-19-25-22(28(27-19)15-9-10-31-13-15)20-18(23)11-24-21(26-20)14-3-4-14/h5-8,11,14-15H,2-4,9-10,12-13H2,1H3. The predicted molar refractivity (Wildman–Crippen MR) is 124 cm³/mol. The molecule has 2 aromatic heterocycles. The van der Waals surface area contributed by atoms with Gasteiger partial charge < -0.3 is 9.47 Å². The van der Waals surface area contributed by atoms with E-state index in [1.54, 1.807) is 0 Å². The van der Waals surface area contributed by atoms with Gasteiger partial charge in [-0.1, -0.05) is 0 Å². The predicted octanol–water partition coefficient (Wildman–Crippen LogP) is 5.03. The topological polar surface area (TPSA) is 75.0 Å². The second kappa shape index (κ2) is 9.16. The molecular formula is C22H24BrN5O2S. The van der Waals surface area contributed by atoms with Crippen LogP contribution in [0.2, 0.25) is 0 Å². The molecule has 162 valence electrons. The number of hydrogen-bond acceptors (Lipinski definition) is 7. The molecule has 31 heavy (non-hydrogen) atoms. The fourth-order valence-electron chi connectivity index (χ4n) is 3.58. The van der Waals surface area contributed by atoms with Gasteiger partial charge in [0.25, 0.3) is 0 Å². The highest BCUT2D eigenvalue weighted by Gasteiger charge is 2.30. The van der Waals surface area contributed by atoms with E-state index in [0.29, 0.717) is 31.0 Å². The number of hydrogen-bond donors (Lipinski definition) is 0. The first-order chi connectivity index (χ1) is 15.2. The van der Waals surface area contributed by atoms with Crippen molar-refractivity contribution in [2.75, 3.05) is 18.1 Å². The maximum absolute atomic E-state index is 5.95. The van der Waals surface area contributed by atoms with Crippen molar-refractivity contribution in [2.24, 2.45) is 0 Å². The third-order valence-corrected chi connectivity index (χ3v) is 7.07. The van der Waals surface area contributed by atoms with Crippen molar-refractivity contribution in [2.45, 2.75) is 44.8 Å². The first kappa shape index (κ1) is 20.8. The van der Waals surface area contributed by atoms with Crippen LogP contribution < -0.4 is 9.47 Å². The van der Waals surface area contributed by atoms with E-state index < -0.39 is 0 Å². The third-order valence-electron chi connectivity index (χ3n) is 5.35. The van der Waals surface area contributed by atoms with Gasteiger partial charge in [-0.3, -0.25) is 0 Å². The quantitative estimate of drug-likeness (QED) is 0.428. The summed E-state index contributed by atoms with van der Waals surface area (Å²) >= 11 is 5.58. The van der Waals surface area contributed by atoms with Crippen LogP contribution in [0.4, 0.5) is 0 Å². The van der Waals surface area contributed by atoms with Gasteiger partial charge in [-0.25, -0.2) is 19.6 Å². The molecule has 3 heterocycles. The van der Waals surface area contributed by atoms with Crippen LogP contribution in [-0.4, -0.2) is 42.8 Å². The van der Waals surface area contributed by atoms with Crippen LogP contribution in [0.25, 0.3) is 11.5 Å². The molecule has 2 aliphatic rings. The van der Waals surface area contributed by atoms with Crippen LogP contribution in [0.3, 0.4) is 0 Å². The molecular weight excluding hydrogens is 478 g/mol. The molecule has 9 heteroatoms. The Morgan fingerprint density at radius 3 is 2.55 bits per heavy atom. The van der Waals surface area contributed by atoms with Crippen LogP contribution in [0.1, 0.15) is 49.8 Å². The molecule has 1 saturated heterocycles. The Morgan fingerprint density at radius 2 is 1.87 bits per heavy atom. The zero-order chi connectivity index (χ0) is 21.2. The van der Waals surface area contributed by atoms with Crippen molar-refractivity contribution in [1.29, 1.82) is 0 Å². The number of rotatable bonds is 8. The molecule has 1 unspecified atom stereocenters. The number of aromatic nitrogens is 5. The van der Waals surface area contributed by atoms with Crippen molar-refractivity contribution < 1.29 is 9.47 Å². The summed E-state index contributed by atoms with van der Waals surface area (Å²) in [7, 11) is 0. The third kappa shape index (κ3) is 4.72. The van der Waals surface area contributed by atoms with Crippen LogP contribution in [0.15, 0.2) is 34.9 Å². The molecule has 1 aromatic carbocycles. The van der Waals surface area contributed by atoms with E-state index in [1.807, 2.05) is 53.8 Å². The minimum atomic E-state index is 0.298. The van der Waals surface area contributed by atoms with E-state index in [-0.39, 0.29) is 0 Å². The molecule has 2 fully saturated rings. The Labute approximate surface area is 194 Å². The summed E-state index contributed by atoms with van der Waals surface area (Å²) in [6.45, 7) is 2.91. The minimum Gasteiger partial charge on any atom is -0.494 e. The Hall–Kier alpha value is -2.13. The molecule has 0 bridgehead atoms. The lowest BCUT2D eigenvalue weighted by Crippen LogP contribution is -2.13. The Bertz CT molecular complexity index is 1050. The van der Waals surface area contributed by atoms with E-state index in [1.165, 1.54) is 0 Å². The van der Waals surface area contributed by atoms with E-state index in [9.17, 15) is 0 Å². The maximum atomic E-state index is 5.95. The smallest absolute Gasteiger partial charge is 0.188 e. The van der Waals surface area contributed by atoms with Crippen molar-refractivity contribution in [3.05, 3.63) is 46.6 Å². The lowest BCUT2D eigenvalue weighted by atomic mass is 10.2. The molecule has 0 spiro atoms. The van der Waals surface area contributed by atoms with Crippen LogP contribution in [0, 0.1) is 0 Å². The van der Waals surface area contributed by atoms with Gasteiger partial charge in [0, 0.05) is 17.9 Å². The lowest BCUT2D eigenvalue weighted by Gasteiger charge is -2.13. The monoisotopic (exact) mass is 501 g/mol. The SMILES string of the molecule is CCOc1ccc(OCc2nc(-c3nc(C4CC4)ncc3Br)n(C3CCSC3)n2)cc1. The number of benzene rings is 1. The minimum absolute atomic E-state index is 0.298. The highest BCUT2D eigenvalue weighted by Crippen LogP contribution is 2.40. The van der Waals surface area contributed by atoms with E-state index in [0.717, 1.165) is 64.1 Å².